The van der Waals surface area contributed by atoms with E-state index < -0.39 is 5.97 Å². The van der Waals surface area contributed by atoms with Gasteiger partial charge in [-0.25, -0.2) is 4.79 Å². The van der Waals surface area contributed by atoms with Gasteiger partial charge in [0, 0.05) is 5.92 Å². The van der Waals surface area contributed by atoms with E-state index in [0.29, 0.717) is 13.0 Å². The Bertz CT molecular complexity index is 483. The minimum atomic E-state index is -1.14. The molecule has 0 spiro atoms. The van der Waals surface area contributed by atoms with Crippen LogP contribution >= 0.6 is 23.2 Å². The molecule has 0 bridgehead atoms. The zero-order valence-electron chi connectivity index (χ0n) is 10.2. The zero-order chi connectivity index (χ0) is 14.6. The van der Waals surface area contributed by atoms with Crippen molar-refractivity contribution in [3.63, 3.8) is 0 Å². The van der Waals surface area contributed by atoms with Gasteiger partial charge >= 0.3 is 5.97 Å². The van der Waals surface area contributed by atoms with Gasteiger partial charge < -0.3 is 16.2 Å². The number of halogens is 2. The summed E-state index contributed by atoms with van der Waals surface area (Å²) >= 11 is 11.8. The van der Waals surface area contributed by atoms with Crippen LogP contribution in [0.25, 0.3) is 0 Å². The number of nitrogens with two attached hydrogens (primary N) is 1. The van der Waals surface area contributed by atoms with Crippen molar-refractivity contribution >= 4 is 40.8 Å². The van der Waals surface area contributed by atoms with Crippen LogP contribution in [0.15, 0.2) is 12.1 Å². The van der Waals surface area contributed by atoms with Gasteiger partial charge in [0.25, 0.3) is 0 Å². The van der Waals surface area contributed by atoms with E-state index >= 15 is 0 Å². The molecule has 4 N–H and O–H groups in total. The predicted octanol–water partition coefficient (Wildman–Crippen LogP) is 2.62. The van der Waals surface area contributed by atoms with Gasteiger partial charge in [-0.2, -0.15) is 0 Å². The third-order valence-electron chi connectivity index (χ3n) is 2.58. The molecule has 19 heavy (non-hydrogen) atoms. The Morgan fingerprint density at radius 2 is 1.89 bits per heavy atom. The van der Waals surface area contributed by atoms with Crippen LogP contribution in [0.1, 0.15) is 23.7 Å². The van der Waals surface area contributed by atoms with Gasteiger partial charge in [0.15, 0.2) is 0 Å². The minimum Gasteiger partial charge on any atom is -0.478 e. The van der Waals surface area contributed by atoms with Crippen molar-refractivity contribution in [1.29, 1.82) is 0 Å². The molecule has 0 saturated heterocycles. The van der Waals surface area contributed by atoms with E-state index in [1.54, 1.807) is 6.92 Å². The molecule has 104 valence electrons. The summed E-state index contributed by atoms with van der Waals surface area (Å²) in [5, 5.41) is 11.6. The summed E-state index contributed by atoms with van der Waals surface area (Å²) in [6.07, 6.45) is 0.536. The fraction of sp³-hybridized carbons (Fsp3) is 0.333. The fourth-order valence-corrected chi connectivity index (χ4v) is 2.03. The summed E-state index contributed by atoms with van der Waals surface area (Å²) in [6.45, 7) is 2.13. The lowest BCUT2D eigenvalue weighted by Crippen LogP contribution is -2.23. The second-order valence-electron chi connectivity index (χ2n) is 4.09. The molecule has 0 aliphatic rings. The number of nitrogens with one attached hydrogen (secondary N) is 1. The van der Waals surface area contributed by atoms with Crippen molar-refractivity contribution < 1.29 is 14.7 Å². The predicted molar refractivity (Wildman–Crippen MR) is 74.9 cm³/mol. The second kappa shape index (κ2) is 6.75. The van der Waals surface area contributed by atoms with E-state index in [0.717, 1.165) is 0 Å². The van der Waals surface area contributed by atoms with Gasteiger partial charge in [0.05, 0.1) is 21.3 Å². The van der Waals surface area contributed by atoms with E-state index in [9.17, 15) is 9.59 Å². The van der Waals surface area contributed by atoms with E-state index in [2.05, 4.69) is 5.32 Å². The molecule has 0 aliphatic carbocycles. The maximum atomic E-state index is 11.8. The number of amides is 1. The first-order valence-electron chi connectivity index (χ1n) is 5.60. The van der Waals surface area contributed by atoms with Crippen LogP contribution in [-0.4, -0.2) is 23.5 Å². The van der Waals surface area contributed by atoms with Crippen molar-refractivity contribution in [2.24, 2.45) is 11.7 Å². The van der Waals surface area contributed by atoms with E-state index in [1.165, 1.54) is 12.1 Å². The Morgan fingerprint density at radius 3 is 2.32 bits per heavy atom. The molecule has 1 rings (SSSR count). The van der Waals surface area contributed by atoms with E-state index in [4.69, 9.17) is 34.0 Å². The molecule has 0 aliphatic heterocycles. The molecule has 0 heterocycles. The average Bonchev–Trinajstić information content (AvgIpc) is 2.33. The van der Waals surface area contributed by atoms with Crippen LogP contribution < -0.4 is 11.1 Å². The normalized spacial score (nSPS) is 12.0. The third-order valence-corrected chi connectivity index (χ3v) is 3.18. The molecule has 0 radical (unpaired) electrons. The lowest BCUT2D eigenvalue weighted by atomic mass is 10.1. The molecule has 1 amide bonds. The average molecular weight is 305 g/mol. The maximum Gasteiger partial charge on any atom is 0.335 e. The summed E-state index contributed by atoms with van der Waals surface area (Å²) in [5.41, 5.74) is 5.55. The largest absolute Gasteiger partial charge is 0.478 e. The first-order chi connectivity index (χ1) is 8.86. The zero-order valence-corrected chi connectivity index (χ0v) is 11.8. The molecule has 7 heteroatoms. The number of rotatable bonds is 5. The molecule has 1 atom stereocenters. The lowest BCUT2D eigenvalue weighted by molar-refractivity contribution is -0.119. The van der Waals surface area contributed by atoms with Crippen LogP contribution in [0, 0.1) is 5.92 Å². The van der Waals surface area contributed by atoms with Gasteiger partial charge in [-0.05, 0) is 25.1 Å². The lowest BCUT2D eigenvalue weighted by Gasteiger charge is -2.14. The van der Waals surface area contributed by atoms with Crippen LogP contribution in [0.4, 0.5) is 5.69 Å². The highest BCUT2D eigenvalue weighted by atomic mass is 35.5. The molecule has 0 fully saturated rings. The standard InChI is InChI=1S/C12H14Cl2N2O3/c1-6(2-3-15)11(17)16-10-8(13)4-7(12(18)19)5-9(10)14/h4-6H,2-3,15H2,1H3,(H,16,17)(H,18,19). The highest BCUT2D eigenvalue weighted by Gasteiger charge is 2.17. The number of anilines is 1. The van der Waals surface area contributed by atoms with Gasteiger partial charge in [-0.15, -0.1) is 0 Å². The van der Waals surface area contributed by atoms with E-state index in [-0.39, 0.29) is 33.1 Å². The Kier molecular flexibility index (Phi) is 5.60. The van der Waals surface area contributed by atoms with Gasteiger partial charge in [-0.3, -0.25) is 4.79 Å². The summed E-state index contributed by atoms with van der Waals surface area (Å²) in [6, 6.07) is 2.47. The number of hydrogen-bond donors (Lipinski definition) is 3. The number of carbonyl (C=O) groups excluding carboxylic acids is 1. The summed E-state index contributed by atoms with van der Waals surface area (Å²) in [5.74, 6) is -1.69. The number of carboxylic acids is 1. The molecule has 1 unspecified atom stereocenters. The Labute approximate surface area is 120 Å². The topological polar surface area (TPSA) is 92.4 Å². The molecule has 0 saturated carbocycles. The summed E-state index contributed by atoms with van der Waals surface area (Å²) in [4.78, 5) is 22.6. The molecule has 5 nitrogen and oxygen atoms in total. The van der Waals surface area contributed by atoms with Crippen LogP contribution in [0.5, 0.6) is 0 Å². The molecular formula is C12H14Cl2N2O3. The number of carboxylic acid groups (broad SMARTS) is 1. The SMILES string of the molecule is CC(CCN)C(=O)Nc1c(Cl)cc(C(=O)O)cc1Cl. The first kappa shape index (κ1) is 15.8. The molecule has 1 aromatic rings. The number of benzene rings is 1. The fourth-order valence-electron chi connectivity index (χ4n) is 1.44. The molecule has 0 aromatic heterocycles. The van der Waals surface area contributed by atoms with Crippen molar-refractivity contribution in [3.05, 3.63) is 27.7 Å². The van der Waals surface area contributed by atoms with Crippen molar-refractivity contribution in [2.45, 2.75) is 13.3 Å². The van der Waals surface area contributed by atoms with Gasteiger partial charge in [0.1, 0.15) is 0 Å². The Balaban J connectivity index is 2.96. The quantitative estimate of drug-likeness (QED) is 0.779. The van der Waals surface area contributed by atoms with Crippen molar-refractivity contribution in [1.82, 2.24) is 0 Å². The van der Waals surface area contributed by atoms with Crippen LogP contribution in [0.2, 0.25) is 10.0 Å². The Hall–Kier alpha value is -1.30. The van der Waals surface area contributed by atoms with Crippen LogP contribution in [0.3, 0.4) is 0 Å². The summed E-state index contributed by atoms with van der Waals surface area (Å²) in [7, 11) is 0. The second-order valence-corrected chi connectivity index (χ2v) is 4.90. The first-order valence-corrected chi connectivity index (χ1v) is 6.35. The minimum absolute atomic E-state index is 0.0389. The molecule has 1 aromatic carbocycles. The number of carbonyl (C=O) groups is 2. The molecular weight excluding hydrogens is 291 g/mol. The highest BCUT2D eigenvalue weighted by Crippen LogP contribution is 2.32. The number of aromatic carboxylic acids is 1. The van der Waals surface area contributed by atoms with Crippen molar-refractivity contribution in [2.75, 3.05) is 11.9 Å². The van der Waals surface area contributed by atoms with E-state index in [1.807, 2.05) is 0 Å². The van der Waals surface area contributed by atoms with Gasteiger partial charge in [-0.1, -0.05) is 30.1 Å². The highest BCUT2D eigenvalue weighted by molar-refractivity contribution is 6.40. The van der Waals surface area contributed by atoms with Gasteiger partial charge in [0.2, 0.25) is 5.91 Å². The number of hydrogen-bond acceptors (Lipinski definition) is 3. The summed E-state index contributed by atoms with van der Waals surface area (Å²) < 4.78 is 0. The third kappa shape index (κ3) is 4.09. The Morgan fingerprint density at radius 1 is 1.37 bits per heavy atom. The maximum absolute atomic E-state index is 11.8. The smallest absolute Gasteiger partial charge is 0.335 e. The monoisotopic (exact) mass is 304 g/mol. The van der Waals surface area contributed by atoms with Crippen LogP contribution in [-0.2, 0) is 4.79 Å². The van der Waals surface area contributed by atoms with Crippen molar-refractivity contribution in [3.8, 4) is 0 Å².